The zero-order chi connectivity index (χ0) is 27.0. The molecule has 38 heavy (non-hydrogen) atoms. The zero-order valence-corrected chi connectivity index (χ0v) is 23.5. The molecule has 0 heterocycles. The van der Waals surface area contributed by atoms with Gasteiger partial charge in [-0.05, 0) is 59.2 Å². The molecule has 0 unspecified atom stereocenters. The van der Waals surface area contributed by atoms with Gasteiger partial charge < -0.3 is 18.6 Å². The lowest BCUT2D eigenvalue weighted by Gasteiger charge is -2.16. The highest BCUT2D eigenvalue weighted by Crippen LogP contribution is 2.14. The van der Waals surface area contributed by atoms with E-state index in [0.717, 1.165) is 49.8 Å². The van der Waals surface area contributed by atoms with Gasteiger partial charge in [-0.2, -0.15) is 0 Å². The van der Waals surface area contributed by atoms with Gasteiger partial charge in [0.2, 0.25) is 0 Å². The monoisotopic (exact) mass is 512 g/mol. The summed E-state index contributed by atoms with van der Waals surface area (Å²) < 4.78 is 23.3. The Morgan fingerprint density at radius 1 is 0.474 bits per heavy atom. The molecule has 0 aliphatic rings. The largest absolute Gasteiger partial charge is 0.494 e. The number of rotatable bonds is 14. The summed E-state index contributed by atoms with van der Waals surface area (Å²) in [5, 5.41) is 4.87. The van der Waals surface area contributed by atoms with Crippen LogP contribution in [0.15, 0.2) is 84.9 Å². The maximum absolute atomic E-state index is 6.00. The van der Waals surface area contributed by atoms with E-state index in [2.05, 4.69) is 80.6 Å². The normalized spacial score (nSPS) is 10.8. The van der Waals surface area contributed by atoms with Crippen molar-refractivity contribution in [2.24, 2.45) is 0 Å². The van der Waals surface area contributed by atoms with E-state index < -0.39 is 0 Å². The fourth-order valence-corrected chi connectivity index (χ4v) is 4.34. The predicted octanol–water partition coefficient (Wildman–Crippen LogP) is 6.78. The SMILES string of the molecule is CCCCOB(OCCCC)c1cccc2ccccc12.CCOB(OCC)c1cccc2ccccc12. The second-order valence-electron chi connectivity index (χ2n) is 9.16. The highest BCUT2D eigenvalue weighted by Gasteiger charge is 2.23. The fraction of sp³-hybridized carbons (Fsp3) is 0.375. The minimum Gasteiger partial charge on any atom is -0.408 e. The van der Waals surface area contributed by atoms with Gasteiger partial charge in [0.1, 0.15) is 0 Å². The summed E-state index contributed by atoms with van der Waals surface area (Å²) in [6.07, 6.45) is 4.41. The van der Waals surface area contributed by atoms with Crippen LogP contribution in [0.2, 0.25) is 0 Å². The molecule has 0 saturated carbocycles. The molecule has 0 aromatic heterocycles. The molecular weight excluding hydrogens is 470 g/mol. The van der Waals surface area contributed by atoms with Crippen molar-refractivity contribution in [3.05, 3.63) is 84.9 Å². The van der Waals surface area contributed by atoms with Crippen molar-refractivity contribution in [3.8, 4) is 0 Å². The first-order valence-electron chi connectivity index (χ1n) is 14.1. The quantitative estimate of drug-likeness (QED) is 0.138. The Morgan fingerprint density at radius 3 is 1.29 bits per heavy atom. The molecule has 4 rings (SSSR count). The molecule has 0 amide bonds. The van der Waals surface area contributed by atoms with Crippen LogP contribution >= 0.6 is 0 Å². The lowest BCUT2D eigenvalue weighted by molar-refractivity contribution is 0.202. The number of benzene rings is 4. The molecule has 0 aliphatic heterocycles. The standard InChI is InChI=1S/C18H25BO2.C14H17BO2/c1-3-5-14-20-19(21-15-6-4-2)18-13-9-11-16-10-7-8-12-17(16)18;1-3-16-15(17-4-2)14-11-7-9-12-8-5-6-10-13(12)14/h7-13H,3-6,14-15H2,1-2H3;5-11H,3-4H2,1-2H3. The third-order valence-corrected chi connectivity index (χ3v) is 6.32. The Balaban J connectivity index is 0.000000215. The van der Waals surface area contributed by atoms with Crippen molar-refractivity contribution >= 4 is 46.7 Å². The molecule has 6 heteroatoms. The molecule has 200 valence electrons. The molecule has 0 saturated heterocycles. The molecule has 0 spiro atoms. The van der Waals surface area contributed by atoms with Crippen LogP contribution in [-0.2, 0) is 18.6 Å². The first kappa shape index (κ1) is 29.9. The average Bonchev–Trinajstić information content (AvgIpc) is 2.96. The van der Waals surface area contributed by atoms with Crippen LogP contribution in [0.1, 0.15) is 53.4 Å². The Bertz CT molecular complexity index is 1190. The average molecular weight is 512 g/mol. The maximum Gasteiger partial charge on any atom is 0.494 e. The van der Waals surface area contributed by atoms with E-state index in [9.17, 15) is 0 Å². The van der Waals surface area contributed by atoms with Gasteiger partial charge in [0.05, 0.1) is 0 Å². The lowest BCUT2D eigenvalue weighted by Crippen LogP contribution is -2.38. The van der Waals surface area contributed by atoms with E-state index in [4.69, 9.17) is 18.6 Å². The fourth-order valence-electron chi connectivity index (χ4n) is 4.34. The minimum absolute atomic E-state index is 0.255. The van der Waals surface area contributed by atoms with E-state index in [-0.39, 0.29) is 14.2 Å². The summed E-state index contributed by atoms with van der Waals surface area (Å²) in [5.41, 5.74) is 2.24. The summed E-state index contributed by atoms with van der Waals surface area (Å²) in [5.74, 6) is 0. The molecule has 0 bridgehead atoms. The van der Waals surface area contributed by atoms with Crippen LogP contribution in [0, 0.1) is 0 Å². The van der Waals surface area contributed by atoms with Crippen LogP contribution in [0.3, 0.4) is 0 Å². The third-order valence-electron chi connectivity index (χ3n) is 6.32. The highest BCUT2D eigenvalue weighted by molar-refractivity contribution is 6.65. The van der Waals surface area contributed by atoms with E-state index in [1.165, 1.54) is 21.5 Å². The van der Waals surface area contributed by atoms with Gasteiger partial charge in [-0.1, -0.05) is 112 Å². The lowest BCUT2D eigenvalue weighted by atomic mass is 9.75. The van der Waals surface area contributed by atoms with Crippen LogP contribution in [0.25, 0.3) is 21.5 Å². The zero-order valence-electron chi connectivity index (χ0n) is 23.5. The topological polar surface area (TPSA) is 36.9 Å². The molecule has 4 aromatic carbocycles. The van der Waals surface area contributed by atoms with Gasteiger partial charge >= 0.3 is 14.2 Å². The van der Waals surface area contributed by atoms with Gasteiger partial charge in [-0.15, -0.1) is 0 Å². The van der Waals surface area contributed by atoms with Crippen LogP contribution in [0.4, 0.5) is 0 Å². The van der Waals surface area contributed by atoms with E-state index >= 15 is 0 Å². The first-order valence-corrected chi connectivity index (χ1v) is 14.1. The summed E-state index contributed by atoms with van der Waals surface area (Å²) in [7, 11) is -0.523. The van der Waals surface area contributed by atoms with Crippen molar-refractivity contribution < 1.29 is 18.6 Å². The number of hydrogen-bond donors (Lipinski definition) is 0. The van der Waals surface area contributed by atoms with Gasteiger partial charge in [-0.3, -0.25) is 0 Å². The van der Waals surface area contributed by atoms with E-state index in [1.807, 2.05) is 32.0 Å². The van der Waals surface area contributed by atoms with E-state index in [0.29, 0.717) is 13.2 Å². The van der Waals surface area contributed by atoms with Crippen molar-refractivity contribution in [2.45, 2.75) is 53.4 Å². The molecule has 4 aromatic rings. The summed E-state index contributed by atoms with van der Waals surface area (Å²) in [6.45, 7) is 11.1. The Hall–Kier alpha value is -2.63. The molecular formula is C32H42B2O4. The van der Waals surface area contributed by atoms with Gasteiger partial charge in [0.25, 0.3) is 0 Å². The highest BCUT2D eigenvalue weighted by atomic mass is 16.6. The smallest absolute Gasteiger partial charge is 0.408 e. The second-order valence-corrected chi connectivity index (χ2v) is 9.16. The maximum atomic E-state index is 6.00. The Morgan fingerprint density at radius 2 is 0.868 bits per heavy atom. The molecule has 4 nitrogen and oxygen atoms in total. The van der Waals surface area contributed by atoms with E-state index in [1.54, 1.807) is 0 Å². The van der Waals surface area contributed by atoms with Gasteiger partial charge in [0, 0.05) is 26.4 Å². The molecule has 0 atom stereocenters. The second kappa shape index (κ2) is 17.1. The van der Waals surface area contributed by atoms with Gasteiger partial charge in [0.15, 0.2) is 0 Å². The number of fused-ring (bicyclic) bond motifs is 2. The number of unbranched alkanes of at least 4 members (excludes halogenated alkanes) is 2. The molecule has 0 fully saturated rings. The van der Waals surface area contributed by atoms with Gasteiger partial charge in [-0.25, -0.2) is 0 Å². The molecule has 0 aliphatic carbocycles. The summed E-state index contributed by atoms with van der Waals surface area (Å²) in [6, 6.07) is 29.3. The Kier molecular flexibility index (Phi) is 13.4. The van der Waals surface area contributed by atoms with Crippen LogP contribution < -0.4 is 10.9 Å². The molecule has 0 radical (unpaired) electrons. The van der Waals surface area contributed by atoms with Crippen molar-refractivity contribution in [2.75, 3.05) is 26.4 Å². The predicted molar refractivity (Wildman–Crippen MR) is 164 cm³/mol. The number of hydrogen-bond acceptors (Lipinski definition) is 4. The third kappa shape index (κ3) is 8.71. The Labute approximate surface area is 229 Å². The van der Waals surface area contributed by atoms with Crippen molar-refractivity contribution in [1.82, 2.24) is 0 Å². The van der Waals surface area contributed by atoms with Crippen molar-refractivity contribution in [3.63, 3.8) is 0 Å². The molecule has 0 N–H and O–H groups in total. The summed E-state index contributed by atoms with van der Waals surface area (Å²) in [4.78, 5) is 0. The van der Waals surface area contributed by atoms with Crippen LogP contribution in [0.5, 0.6) is 0 Å². The minimum atomic E-state index is -0.268. The van der Waals surface area contributed by atoms with Crippen molar-refractivity contribution in [1.29, 1.82) is 0 Å². The van der Waals surface area contributed by atoms with Crippen LogP contribution in [-0.4, -0.2) is 40.7 Å². The summed E-state index contributed by atoms with van der Waals surface area (Å²) >= 11 is 0. The first-order chi connectivity index (χ1) is 18.7.